The first kappa shape index (κ1) is 30.9. The van der Waals surface area contributed by atoms with Crippen LogP contribution in [0.5, 0.6) is 23.0 Å². The van der Waals surface area contributed by atoms with E-state index in [1.807, 2.05) is 0 Å². The summed E-state index contributed by atoms with van der Waals surface area (Å²) in [7, 11) is 0. The molecule has 3 aromatic rings. The number of aromatic hydroxyl groups is 3. The maximum Gasteiger partial charge on any atom is 0.230 e. The van der Waals surface area contributed by atoms with Crippen LogP contribution in [0.2, 0.25) is 0 Å². The summed E-state index contributed by atoms with van der Waals surface area (Å²) in [5, 5.41) is 102. The Morgan fingerprint density at radius 3 is 1.95 bits per heavy atom. The van der Waals surface area contributed by atoms with Crippen molar-refractivity contribution >= 4 is 11.0 Å². The predicted octanol–water partition coefficient (Wildman–Crippen LogP) is -2.42. The van der Waals surface area contributed by atoms with Crippen LogP contribution in [0.25, 0.3) is 22.3 Å². The number of phenols is 3. The predicted molar refractivity (Wildman–Crippen MR) is 140 cm³/mol. The van der Waals surface area contributed by atoms with Crippen molar-refractivity contribution in [2.24, 2.45) is 0 Å². The number of ether oxygens (including phenoxy) is 4. The minimum atomic E-state index is -1.92. The lowest BCUT2D eigenvalue weighted by Crippen LogP contribution is -2.65. The van der Waals surface area contributed by atoms with E-state index < -0.39 is 108 Å². The molecule has 10 unspecified atom stereocenters. The summed E-state index contributed by atoms with van der Waals surface area (Å²) in [6.45, 7) is -1.62. The van der Waals surface area contributed by atoms with Crippen molar-refractivity contribution in [1.82, 2.24) is 0 Å². The van der Waals surface area contributed by atoms with Gasteiger partial charge >= 0.3 is 0 Å². The second-order valence-electron chi connectivity index (χ2n) is 10.1. The van der Waals surface area contributed by atoms with Crippen LogP contribution in [0.4, 0.5) is 0 Å². The largest absolute Gasteiger partial charge is 0.508 e. The molecule has 10 N–H and O–H groups in total. The van der Waals surface area contributed by atoms with Crippen molar-refractivity contribution in [2.45, 2.75) is 61.4 Å². The maximum atomic E-state index is 13.0. The normalized spacial score (nSPS) is 33.0. The van der Waals surface area contributed by atoms with Crippen molar-refractivity contribution in [3.8, 4) is 34.3 Å². The van der Waals surface area contributed by atoms with Crippen LogP contribution in [-0.2, 0) is 14.2 Å². The molecule has 43 heavy (non-hydrogen) atoms. The van der Waals surface area contributed by atoms with Crippen LogP contribution in [0.1, 0.15) is 0 Å². The number of rotatable bonds is 7. The molecule has 0 aliphatic carbocycles. The summed E-state index contributed by atoms with van der Waals surface area (Å²) in [5.41, 5.74) is -0.916. The molecule has 0 amide bonds. The van der Waals surface area contributed by atoms with Gasteiger partial charge in [-0.1, -0.05) is 0 Å². The minimum Gasteiger partial charge on any atom is -0.508 e. The van der Waals surface area contributed by atoms with Gasteiger partial charge in [-0.2, -0.15) is 0 Å². The van der Waals surface area contributed by atoms with E-state index in [1.54, 1.807) is 0 Å². The van der Waals surface area contributed by atoms with E-state index in [1.165, 1.54) is 24.3 Å². The van der Waals surface area contributed by atoms with E-state index in [0.29, 0.717) is 5.56 Å². The first-order valence-corrected chi connectivity index (χ1v) is 13.0. The van der Waals surface area contributed by atoms with Crippen LogP contribution in [0, 0.1) is 0 Å². The molecule has 0 radical (unpaired) electrons. The van der Waals surface area contributed by atoms with E-state index in [9.17, 15) is 55.9 Å². The quantitative estimate of drug-likeness (QED) is 0.133. The van der Waals surface area contributed by atoms with Crippen molar-refractivity contribution in [2.75, 3.05) is 13.2 Å². The van der Waals surface area contributed by atoms with Gasteiger partial charge in [0, 0.05) is 17.7 Å². The lowest BCUT2D eigenvalue weighted by atomic mass is 9.97. The van der Waals surface area contributed by atoms with Gasteiger partial charge in [0.1, 0.15) is 65.4 Å². The van der Waals surface area contributed by atoms with Crippen molar-refractivity contribution in [3.63, 3.8) is 0 Å². The van der Waals surface area contributed by atoms with Gasteiger partial charge in [0.05, 0.1) is 13.2 Å². The third-order valence-corrected chi connectivity index (χ3v) is 7.27. The van der Waals surface area contributed by atoms with E-state index in [4.69, 9.17) is 23.4 Å². The Balaban J connectivity index is 1.56. The van der Waals surface area contributed by atoms with E-state index in [-0.39, 0.29) is 11.5 Å². The summed E-state index contributed by atoms with van der Waals surface area (Å²) in [4.78, 5) is 13.0. The molecule has 10 atom stereocenters. The molecule has 2 aromatic carbocycles. The summed E-state index contributed by atoms with van der Waals surface area (Å²) in [6, 6.07) is 7.35. The summed E-state index contributed by atoms with van der Waals surface area (Å²) in [5.74, 6) is -2.17. The highest BCUT2D eigenvalue weighted by Crippen LogP contribution is 2.42. The third-order valence-electron chi connectivity index (χ3n) is 7.27. The lowest BCUT2D eigenvalue weighted by molar-refractivity contribution is -0.357. The molecule has 1 aromatic heterocycles. The number of hydrogen-bond acceptors (Lipinski definition) is 16. The minimum absolute atomic E-state index is 0.0604. The zero-order valence-corrected chi connectivity index (χ0v) is 22.1. The van der Waals surface area contributed by atoms with Crippen LogP contribution in [0.3, 0.4) is 0 Å². The van der Waals surface area contributed by atoms with Gasteiger partial charge in [-0.3, -0.25) is 4.79 Å². The Bertz CT molecular complexity index is 1490. The smallest absolute Gasteiger partial charge is 0.230 e. The molecule has 2 saturated heterocycles. The molecule has 234 valence electrons. The summed E-state index contributed by atoms with van der Waals surface area (Å²) in [6.07, 6.45) is -17.6. The van der Waals surface area contributed by atoms with Gasteiger partial charge in [-0.15, -0.1) is 0 Å². The summed E-state index contributed by atoms with van der Waals surface area (Å²) >= 11 is 0. The average Bonchev–Trinajstić information content (AvgIpc) is 2.98. The third kappa shape index (κ3) is 5.73. The second kappa shape index (κ2) is 12.2. The van der Waals surface area contributed by atoms with Gasteiger partial charge in [-0.25, -0.2) is 0 Å². The first-order chi connectivity index (χ1) is 20.4. The average molecular weight is 611 g/mol. The highest BCUT2D eigenvalue weighted by atomic mass is 16.8. The monoisotopic (exact) mass is 610 g/mol. The Hall–Kier alpha value is -3.55. The zero-order chi connectivity index (χ0) is 31.2. The fraction of sp³-hybridized carbons (Fsp3) is 0.444. The Morgan fingerprint density at radius 2 is 1.33 bits per heavy atom. The molecule has 2 aliphatic heterocycles. The van der Waals surface area contributed by atoms with Crippen LogP contribution >= 0.6 is 0 Å². The molecule has 16 nitrogen and oxygen atoms in total. The lowest BCUT2D eigenvalue weighted by Gasteiger charge is -2.45. The fourth-order valence-electron chi connectivity index (χ4n) is 4.91. The van der Waals surface area contributed by atoms with Gasteiger partial charge in [-0.05, 0) is 24.3 Å². The molecule has 5 rings (SSSR count). The standard InChI is InChI=1S/C27H30O16/c28-7-15-18(34)20(36)22(38)26(40-15)43-25-21(37)19(35)16(8-29)41-27(25)42-23-13(33)5-11(31)17-12(32)6-14(39-24(17)23)9-1-3-10(30)4-2-9/h1-6,15-16,18-22,25-31,33-38H,7-8H2. The SMILES string of the molecule is O=c1cc(-c2ccc(O)cc2)oc2c(OC3OC(CO)C(O)C(O)C3OC3OC(CO)C(O)C(O)C3O)c(O)cc(O)c12. The van der Waals surface area contributed by atoms with Crippen molar-refractivity contribution in [1.29, 1.82) is 0 Å². The molecule has 0 bridgehead atoms. The van der Waals surface area contributed by atoms with Gasteiger partial charge in [0.25, 0.3) is 0 Å². The molecule has 2 fully saturated rings. The maximum absolute atomic E-state index is 13.0. The highest BCUT2D eigenvalue weighted by Gasteiger charge is 2.51. The summed E-state index contributed by atoms with van der Waals surface area (Å²) < 4.78 is 28.1. The topological polar surface area (TPSA) is 269 Å². The van der Waals surface area contributed by atoms with Crippen LogP contribution < -0.4 is 10.2 Å². The molecule has 16 heteroatoms. The molecule has 0 spiro atoms. The number of phenolic OH excluding ortho intramolecular Hbond substituents is 3. The van der Waals surface area contributed by atoms with E-state index >= 15 is 0 Å². The second-order valence-corrected chi connectivity index (χ2v) is 10.1. The molecular weight excluding hydrogens is 580 g/mol. The van der Waals surface area contributed by atoms with Crippen molar-refractivity contribution in [3.05, 3.63) is 46.6 Å². The van der Waals surface area contributed by atoms with Crippen molar-refractivity contribution < 1.29 is 74.4 Å². The van der Waals surface area contributed by atoms with E-state index in [0.717, 1.165) is 12.1 Å². The van der Waals surface area contributed by atoms with Gasteiger partial charge in [0.2, 0.25) is 12.0 Å². The van der Waals surface area contributed by atoms with Crippen LogP contribution in [-0.4, -0.2) is 126 Å². The fourth-order valence-corrected chi connectivity index (χ4v) is 4.91. The van der Waals surface area contributed by atoms with Crippen LogP contribution in [0.15, 0.2) is 45.6 Å². The highest BCUT2D eigenvalue weighted by molar-refractivity contribution is 5.91. The number of aliphatic hydroxyl groups excluding tert-OH is 7. The zero-order valence-electron chi connectivity index (χ0n) is 22.1. The van der Waals surface area contributed by atoms with Gasteiger partial charge in [0.15, 0.2) is 29.2 Å². The Kier molecular flexibility index (Phi) is 8.77. The number of benzene rings is 2. The molecule has 0 saturated carbocycles. The number of fused-ring (bicyclic) bond motifs is 1. The van der Waals surface area contributed by atoms with Gasteiger partial charge < -0.3 is 74.4 Å². The Morgan fingerprint density at radius 1 is 0.721 bits per heavy atom. The molecule has 2 aliphatic rings. The number of hydrogen-bond donors (Lipinski definition) is 10. The molecule has 3 heterocycles. The Labute approximate surface area is 241 Å². The molecular formula is C27H30O16. The first-order valence-electron chi connectivity index (χ1n) is 13.0. The number of aliphatic hydroxyl groups is 7. The van der Waals surface area contributed by atoms with E-state index in [2.05, 4.69) is 0 Å².